The maximum absolute atomic E-state index is 10.1. The molecule has 136 valence electrons. The third-order valence-electron chi connectivity index (χ3n) is 5.67. The molecule has 0 heterocycles. The van der Waals surface area contributed by atoms with Crippen LogP contribution < -0.4 is 4.74 Å². The molecule has 0 atom stereocenters. The Labute approximate surface area is 147 Å². The van der Waals surface area contributed by atoms with E-state index < -0.39 is 11.2 Å². The van der Waals surface area contributed by atoms with Crippen molar-refractivity contribution < 1.29 is 14.6 Å². The van der Waals surface area contributed by atoms with Crippen molar-refractivity contribution in [1.82, 2.24) is 0 Å². The lowest BCUT2D eigenvalue weighted by Gasteiger charge is -2.37. The van der Waals surface area contributed by atoms with E-state index in [9.17, 15) is 5.11 Å². The van der Waals surface area contributed by atoms with Crippen LogP contribution in [0.5, 0.6) is 5.75 Å². The van der Waals surface area contributed by atoms with E-state index in [0.717, 1.165) is 17.2 Å². The molecule has 0 saturated heterocycles. The van der Waals surface area contributed by atoms with Gasteiger partial charge in [0, 0.05) is 0 Å². The molecule has 1 aliphatic carbocycles. The van der Waals surface area contributed by atoms with Gasteiger partial charge in [-0.15, -0.1) is 0 Å². The van der Waals surface area contributed by atoms with Crippen LogP contribution in [0.3, 0.4) is 0 Å². The fraction of sp³-hybridized carbons (Fsp3) is 0.714. The summed E-state index contributed by atoms with van der Waals surface area (Å²) in [6.45, 7) is 10.1. The molecule has 0 spiro atoms. The summed E-state index contributed by atoms with van der Waals surface area (Å²) in [6.07, 6.45) is 6.58. The summed E-state index contributed by atoms with van der Waals surface area (Å²) in [5, 5.41) is 10.1. The molecule has 1 aromatic carbocycles. The lowest BCUT2D eigenvalue weighted by molar-refractivity contribution is -0.153. The van der Waals surface area contributed by atoms with Crippen molar-refractivity contribution in [1.29, 1.82) is 0 Å². The quantitative estimate of drug-likeness (QED) is 0.754. The molecule has 1 saturated carbocycles. The largest absolute Gasteiger partial charge is 0.490 e. The summed E-state index contributed by atoms with van der Waals surface area (Å²) < 4.78 is 12.0. The molecule has 1 aromatic rings. The van der Waals surface area contributed by atoms with E-state index in [1.54, 1.807) is 13.8 Å². The SMILES string of the molecule is CC[C@H]1CC[C@@H](Oc2ccc(COC(C)(C)C(C)(C)O)cc2)CC1. The Morgan fingerprint density at radius 2 is 1.58 bits per heavy atom. The van der Waals surface area contributed by atoms with Crippen molar-refractivity contribution in [2.24, 2.45) is 5.92 Å². The number of ether oxygens (including phenoxy) is 2. The minimum atomic E-state index is -0.882. The molecule has 0 aliphatic heterocycles. The van der Waals surface area contributed by atoms with Gasteiger partial charge in [-0.25, -0.2) is 0 Å². The Morgan fingerprint density at radius 1 is 1.00 bits per heavy atom. The van der Waals surface area contributed by atoms with Crippen LogP contribution in [-0.4, -0.2) is 22.4 Å². The van der Waals surface area contributed by atoms with Crippen LogP contribution in [0.1, 0.15) is 72.3 Å². The Bertz CT molecular complexity index is 491. The lowest BCUT2D eigenvalue weighted by Crippen LogP contribution is -2.47. The molecule has 0 aromatic heterocycles. The molecular weight excluding hydrogens is 300 g/mol. The fourth-order valence-corrected chi connectivity index (χ4v) is 2.96. The Balaban J connectivity index is 1.83. The summed E-state index contributed by atoms with van der Waals surface area (Å²) in [4.78, 5) is 0. The van der Waals surface area contributed by atoms with Crippen LogP contribution in [0.25, 0.3) is 0 Å². The second-order valence-corrected chi connectivity index (χ2v) is 8.17. The van der Waals surface area contributed by atoms with Crippen molar-refractivity contribution >= 4 is 0 Å². The molecule has 0 radical (unpaired) electrons. The minimum absolute atomic E-state index is 0.365. The number of hydrogen-bond donors (Lipinski definition) is 1. The zero-order valence-electron chi connectivity index (χ0n) is 16.0. The first kappa shape index (κ1) is 19.3. The molecule has 0 amide bonds. The van der Waals surface area contributed by atoms with Gasteiger partial charge in [0.05, 0.1) is 23.9 Å². The van der Waals surface area contributed by atoms with Gasteiger partial charge < -0.3 is 14.6 Å². The Hall–Kier alpha value is -1.06. The van der Waals surface area contributed by atoms with Gasteiger partial charge in [0.1, 0.15) is 5.75 Å². The van der Waals surface area contributed by atoms with Crippen LogP contribution in [0.4, 0.5) is 0 Å². The van der Waals surface area contributed by atoms with Crippen molar-refractivity contribution in [2.45, 2.75) is 90.6 Å². The van der Waals surface area contributed by atoms with Gasteiger partial charge in [-0.1, -0.05) is 25.5 Å². The molecule has 0 bridgehead atoms. The molecular formula is C21H34O3. The highest BCUT2D eigenvalue weighted by Crippen LogP contribution is 2.30. The van der Waals surface area contributed by atoms with Gasteiger partial charge in [0.15, 0.2) is 0 Å². The minimum Gasteiger partial charge on any atom is -0.490 e. The maximum Gasteiger partial charge on any atom is 0.119 e. The smallest absolute Gasteiger partial charge is 0.119 e. The first-order valence-corrected chi connectivity index (χ1v) is 9.33. The van der Waals surface area contributed by atoms with E-state index >= 15 is 0 Å². The van der Waals surface area contributed by atoms with E-state index in [2.05, 4.69) is 6.92 Å². The van der Waals surface area contributed by atoms with Gasteiger partial charge in [0.2, 0.25) is 0 Å². The topological polar surface area (TPSA) is 38.7 Å². The zero-order chi connectivity index (χ0) is 17.8. The van der Waals surface area contributed by atoms with E-state index in [1.807, 2.05) is 38.1 Å². The van der Waals surface area contributed by atoms with Crippen LogP contribution >= 0.6 is 0 Å². The highest BCUT2D eigenvalue weighted by Gasteiger charge is 2.35. The molecule has 24 heavy (non-hydrogen) atoms. The second-order valence-electron chi connectivity index (χ2n) is 8.17. The molecule has 1 N–H and O–H groups in total. The van der Waals surface area contributed by atoms with Crippen molar-refractivity contribution in [3.8, 4) is 5.75 Å². The average Bonchev–Trinajstić information content (AvgIpc) is 2.54. The zero-order valence-corrected chi connectivity index (χ0v) is 16.0. The third kappa shape index (κ3) is 5.22. The molecule has 2 rings (SSSR count). The second kappa shape index (κ2) is 7.88. The van der Waals surface area contributed by atoms with Gasteiger partial charge in [0.25, 0.3) is 0 Å². The number of benzene rings is 1. The van der Waals surface area contributed by atoms with Gasteiger partial charge >= 0.3 is 0 Å². The van der Waals surface area contributed by atoms with Crippen LogP contribution in [0.2, 0.25) is 0 Å². The standard InChI is InChI=1S/C21H34O3/c1-6-16-7-11-18(12-8-16)24-19-13-9-17(10-14-19)15-23-21(4,5)20(2,3)22/h9-10,13-14,16,18,22H,6-8,11-12,15H2,1-5H3/t16-,18+. The van der Waals surface area contributed by atoms with Gasteiger partial charge in [-0.05, 0) is 77.0 Å². The number of rotatable bonds is 7. The van der Waals surface area contributed by atoms with Gasteiger partial charge in [-0.3, -0.25) is 0 Å². The summed E-state index contributed by atoms with van der Waals surface area (Å²) in [7, 11) is 0. The van der Waals surface area contributed by atoms with Gasteiger partial charge in [-0.2, -0.15) is 0 Å². The predicted octanol–water partition coefficient (Wildman–Crippen LogP) is 5.10. The number of hydrogen-bond acceptors (Lipinski definition) is 3. The average molecular weight is 335 g/mol. The van der Waals surface area contributed by atoms with E-state index in [-0.39, 0.29) is 0 Å². The van der Waals surface area contributed by atoms with Crippen LogP contribution in [0.15, 0.2) is 24.3 Å². The van der Waals surface area contributed by atoms with Crippen molar-refractivity contribution in [3.63, 3.8) is 0 Å². The highest BCUT2D eigenvalue weighted by molar-refractivity contribution is 5.27. The highest BCUT2D eigenvalue weighted by atomic mass is 16.5. The summed E-state index contributed by atoms with van der Waals surface area (Å²) in [6, 6.07) is 8.16. The Morgan fingerprint density at radius 3 is 2.08 bits per heavy atom. The van der Waals surface area contributed by atoms with E-state index in [1.165, 1.54) is 32.1 Å². The first-order valence-electron chi connectivity index (χ1n) is 9.33. The molecule has 1 aliphatic rings. The normalized spacial score (nSPS) is 22.4. The molecule has 3 nitrogen and oxygen atoms in total. The summed E-state index contributed by atoms with van der Waals surface area (Å²) >= 11 is 0. The predicted molar refractivity (Wildman–Crippen MR) is 98.3 cm³/mol. The van der Waals surface area contributed by atoms with Crippen molar-refractivity contribution in [2.75, 3.05) is 0 Å². The van der Waals surface area contributed by atoms with Crippen LogP contribution in [0, 0.1) is 5.92 Å². The molecule has 0 unspecified atom stereocenters. The fourth-order valence-electron chi connectivity index (χ4n) is 2.96. The number of aliphatic hydroxyl groups is 1. The van der Waals surface area contributed by atoms with Crippen molar-refractivity contribution in [3.05, 3.63) is 29.8 Å². The van der Waals surface area contributed by atoms with Crippen LogP contribution in [-0.2, 0) is 11.3 Å². The first-order chi connectivity index (χ1) is 11.2. The van der Waals surface area contributed by atoms with E-state index in [4.69, 9.17) is 9.47 Å². The summed E-state index contributed by atoms with van der Waals surface area (Å²) in [5.41, 5.74) is -0.387. The lowest BCUT2D eigenvalue weighted by atomic mass is 9.86. The molecule has 1 fully saturated rings. The molecule has 3 heteroatoms. The van der Waals surface area contributed by atoms with E-state index in [0.29, 0.717) is 12.7 Å². The summed E-state index contributed by atoms with van der Waals surface area (Å²) in [5.74, 6) is 1.84. The third-order valence-corrected chi connectivity index (χ3v) is 5.67. The monoisotopic (exact) mass is 334 g/mol. The maximum atomic E-state index is 10.1. The Kier molecular flexibility index (Phi) is 6.33.